The van der Waals surface area contributed by atoms with Crippen molar-refractivity contribution in [2.75, 3.05) is 6.61 Å². The molecule has 0 aromatic rings. The number of hydrogen-bond donors (Lipinski definition) is 2. The second-order valence-electron chi connectivity index (χ2n) is 10.7. The van der Waals surface area contributed by atoms with Gasteiger partial charge in [-0.3, -0.25) is 13.3 Å². The molecule has 0 aliphatic heterocycles. The molecule has 0 aliphatic rings. The summed E-state index contributed by atoms with van der Waals surface area (Å²) in [5, 5.41) is 0. The van der Waals surface area contributed by atoms with E-state index in [0.717, 1.165) is 19.3 Å². The fourth-order valence-electron chi connectivity index (χ4n) is 4.30. The van der Waals surface area contributed by atoms with Crippen LogP contribution in [-0.4, -0.2) is 37.1 Å². The summed E-state index contributed by atoms with van der Waals surface area (Å²) in [6.45, 7) is 8.41. The van der Waals surface area contributed by atoms with E-state index in [2.05, 4.69) is 25.0 Å². The smallest absolute Gasteiger partial charge is 0.726 e. The van der Waals surface area contributed by atoms with E-state index in [0.29, 0.717) is 6.42 Å². The van der Waals surface area contributed by atoms with Gasteiger partial charge in [0.25, 0.3) is 0 Å². The predicted molar refractivity (Wildman–Crippen MR) is 167 cm³/mol. The molecule has 0 atom stereocenters. The Labute approximate surface area is 306 Å². The molecule has 0 amide bonds. The molecule has 0 bridgehead atoms. The first-order chi connectivity index (χ1) is 19.0. The van der Waals surface area contributed by atoms with Gasteiger partial charge < -0.3 is 11.5 Å². The minimum absolute atomic E-state index is 0. The van der Waals surface area contributed by atoms with E-state index < -0.39 is 20.8 Å². The Kier molecular flexibility index (Phi) is 54.2. The van der Waals surface area contributed by atoms with Crippen LogP contribution in [0.4, 0.5) is 0 Å². The van der Waals surface area contributed by atoms with Crippen molar-refractivity contribution in [3.63, 3.8) is 0 Å². The number of hydrogen-bond acceptors (Lipinski definition) is 6. The molecule has 246 valence electrons. The van der Waals surface area contributed by atoms with Crippen molar-refractivity contribution in [2.24, 2.45) is 0 Å². The van der Waals surface area contributed by atoms with E-state index in [1.807, 2.05) is 0 Å². The first-order valence-corrected chi connectivity index (χ1v) is 18.8. The maximum Gasteiger partial charge on any atom is 1.00 e. The molecule has 0 heterocycles. The van der Waals surface area contributed by atoms with Crippen LogP contribution in [0, 0.1) is 6.92 Å². The molecule has 8 nitrogen and oxygen atoms in total. The molecule has 0 saturated carbocycles. The van der Waals surface area contributed by atoms with Crippen molar-refractivity contribution in [2.45, 2.75) is 181 Å². The first kappa shape index (κ1) is 53.2. The second kappa shape index (κ2) is 42.7. The Balaban J connectivity index is -0.000000201. The van der Waals surface area contributed by atoms with Crippen molar-refractivity contribution in [3.05, 3.63) is 6.92 Å². The summed E-state index contributed by atoms with van der Waals surface area (Å²) < 4.78 is 66.4. The monoisotopic (exact) mass is 662 g/mol. The second-order valence-corrected chi connectivity index (χ2v) is 12.6. The topological polar surface area (TPSA) is 141 Å². The summed E-state index contributed by atoms with van der Waals surface area (Å²) in [6, 6.07) is 0. The predicted octanol–water partition coefficient (Wildman–Crippen LogP) is 3.82. The van der Waals surface area contributed by atoms with Gasteiger partial charge in [-0.05, 0) is 6.42 Å². The van der Waals surface area contributed by atoms with Crippen LogP contribution in [-0.2, 0) is 25.0 Å². The molecule has 0 saturated heterocycles. The van der Waals surface area contributed by atoms with E-state index in [9.17, 15) is 13.0 Å². The zero-order chi connectivity index (χ0) is 30.8. The summed E-state index contributed by atoms with van der Waals surface area (Å²) in [7, 11) is -9.16. The molecule has 0 radical (unpaired) electrons. The average molecular weight is 663 g/mol. The third-order valence-corrected chi connectivity index (χ3v) is 7.03. The zero-order valence-corrected chi connectivity index (χ0v) is 33.6. The minimum atomic E-state index is -4.67. The number of unbranched alkanes of at least 4 members (excludes halogenated alkanes) is 24. The van der Waals surface area contributed by atoms with Crippen LogP contribution in [0.1, 0.15) is 181 Å². The summed E-state index contributed by atoms with van der Waals surface area (Å²) in [5.41, 5.74) is 0. The van der Waals surface area contributed by atoms with Gasteiger partial charge in [-0.2, -0.15) is 14.8 Å². The van der Waals surface area contributed by atoms with Crippen molar-refractivity contribution < 1.29 is 93.8 Å². The minimum Gasteiger partial charge on any atom is -0.726 e. The zero-order valence-electron chi connectivity index (χ0n) is 28.0. The molecule has 0 rings (SSSR count). The van der Waals surface area contributed by atoms with Gasteiger partial charge in [0.1, 0.15) is 0 Å². The third-order valence-electron chi connectivity index (χ3n) is 6.58. The van der Waals surface area contributed by atoms with Gasteiger partial charge in [-0.1, -0.05) is 168 Å². The van der Waals surface area contributed by atoms with Crippen LogP contribution in [0.2, 0.25) is 0 Å². The fourth-order valence-corrected chi connectivity index (χ4v) is 4.62. The Morgan fingerprint density at radius 1 is 0.500 bits per heavy atom. The van der Waals surface area contributed by atoms with Crippen LogP contribution in [0.15, 0.2) is 0 Å². The molecule has 42 heavy (non-hydrogen) atoms. The maximum absolute atomic E-state index is 10.2. The van der Waals surface area contributed by atoms with E-state index in [4.69, 9.17) is 17.5 Å². The Morgan fingerprint density at radius 2 is 0.714 bits per heavy atom. The van der Waals surface area contributed by atoms with Crippen molar-refractivity contribution in [1.82, 2.24) is 0 Å². The number of rotatable bonds is 27. The van der Waals surface area contributed by atoms with Crippen molar-refractivity contribution >= 4 is 20.8 Å². The van der Waals surface area contributed by atoms with Gasteiger partial charge in [-0.25, -0.2) is 8.42 Å². The van der Waals surface area contributed by atoms with E-state index in [-0.39, 0.29) is 65.7 Å². The van der Waals surface area contributed by atoms with Crippen LogP contribution >= 0.6 is 0 Å². The van der Waals surface area contributed by atoms with Crippen LogP contribution in [0.25, 0.3) is 0 Å². The largest absolute Gasteiger partial charge is 1.00 e. The van der Waals surface area contributed by atoms with E-state index in [1.165, 1.54) is 141 Å². The van der Waals surface area contributed by atoms with Gasteiger partial charge in [0.2, 0.25) is 10.4 Å². The summed E-state index contributed by atoms with van der Waals surface area (Å²) in [6.07, 6.45) is 34.2. The van der Waals surface area contributed by atoms with Crippen molar-refractivity contribution in [1.29, 1.82) is 0 Å². The quantitative estimate of drug-likeness (QED) is 0.0445. The molecule has 0 fully saturated rings. The molecule has 0 aromatic carbocycles. The third kappa shape index (κ3) is 73.3. The van der Waals surface area contributed by atoms with Crippen LogP contribution < -0.4 is 59.1 Å². The molecule has 0 aromatic heterocycles. The molecular formula is C30H64Na2O8S2. The summed E-state index contributed by atoms with van der Waals surface area (Å²) in [4.78, 5) is 0. The molecule has 0 spiro atoms. The Hall–Kier alpha value is 1.74. The van der Waals surface area contributed by atoms with Crippen LogP contribution in [0.3, 0.4) is 0 Å². The van der Waals surface area contributed by atoms with Crippen LogP contribution in [0.5, 0.6) is 0 Å². The maximum atomic E-state index is 10.2. The van der Waals surface area contributed by atoms with Gasteiger partial charge in [0, 0.05) is 0 Å². The summed E-state index contributed by atoms with van der Waals surface area (Å²) >= 11 is 0. The average Bonchev–Trinajstić information content (AvgIpc) is 2.86. The van der Waals surface area contributed by atoms with Crippen molar-refractivity contribution in [3.8, 4) is 0 Å². The van der Waals surface area contributed by atoms with Gasteiger partial charge in [0.15, 0.2) is 0 Å². The van der Waals surface area contributed by atoms with E-state index >= 15 is 0 Å². The molecule has 12 heteroatoms. The fraction of sp³-hybridized carbons (Fsp3) is 0.967. The molecule has 0 unspecified atom stereocenters. The Morgan fingerprint density at radius 3 is 0.929 bits per heavy atom. The van der Waals surface area contributed by atoms with Gasteiger partial charge >= 0.3 is 69.5 Å². The van der Waals surface area contributed by atoms with E-state index in [1.54, 1.807) is 0 Å². The molecular weight excluding hydrogens is 598 g/mol. The molecule has 2 N–H and O–H groups in total. The molecule has 0 aliphatic carbocycles. The Bertz CT molecular complexity index is 661. The van der Waals surface area contributed by atoms with Gasteiger partial charge in [-0.15, -0.1) is 0 Å². The SMILES string of the molecule is CCCCCCCCCCCCCCCCCCOS(=O)(=O)[O-].O=S(=O)(O)O.[CH2-]CCCCCCCCCCC.[Na+].[Na+]. The standard InChI is InChI=1S/C18H38O4S.C12H25.2Na.H2O4S/c1-2-3-4-5-6-7-8-9-10-11-12-13-14-15-16-17-18-22-23(19,20)21;1-3-5-7-9-11-12-10-8-6-4-2;;;1-5(2,3)4/h2-18H2,1H3,(H,19,20,21);1,3-12H2,2H3;;;(H2,1,2,3,4)/q;-1;2*+1;/p-1. The van der Waals surface area contributed by atoms with Gasteiger partial charge in [0.05, 0.1) is 6.61 Å². The first-order valence-electron chi connectivity index (χ1n) is 16.1. The summed E-state index contributed by atoms with van der Waals surface area (Å²) in [5.74, 6) is 0. The normalized spacial score (nSPS) is 10.9.